The van der Waals surface area contributed by atoms with Crippen LogP contribution in [-0.4, -0.2) is 45.5 Å². The van der Waals surface area contributed by atoms with Gasteiger partial charge in [0.1, 0.15) is 25.6 Å². The molecule has 1 aliphatic heterocycles. The maximum Gasteiger partial charge on any atom is 0.264 e. The van der Waals surface area contributed by atoms with Crippen molar-refractivity contribution in [2.75, 3.05) is 29.4 Å². The zero-order valence-electron chi connectivity index (χ0n) is 21.2. The van der Waals surface area contributed by atoms with Crippen LogP contribution in [0.1, 0.15) is 31.1 Å². The van der Waals surface area contributed by atoms with E-state index in [-0.39, 0.29) is 34.2 Å². The van der Waals surface area contributed by atoms with E-state index >= 15 is 0 Å². The lowest BCUT2D eigenvalue weighted by Crippen LogP contribution is -2.41. The van der Waals surface area contributed by atoms with E-state index in [1.165, 1.54) is 30.3 Å². The summed E-state index contributed by atoms with van der Waals surface area (Å²) < 4.78 is 52.9. The topological polar surface area (TPSA) is 114 Å². The standard InChI is InChI=1S/C27H28FN3O6S/c1-27(2,3)30-26(33)21-6-4-5-7-22(21)29-25(32)17-31(19-10-8-18(28)9-11-19)38(34,35)20-12-13-23-24(16-20)37-15-14-36-23/h4-13,16H,14-15,17H2,1-3H3,(H,29,32)(H,30,33). The molecule has 4 rings (SSSR count). The summed E-state index contributed by atoms with van der Waals surface area (Å²) in [5.41, 5.74) is 0.00899. The Balaban J connectivity index is 1.64. The zero-order chi connectivity index (χ0) is 27.5. The summed E-state index contributed by atoms with van der Waals surface area (Å²) in [6.07, 6.45) is 0. The van der Waals surface area contributed by atoms with Gasteiger partial charge >= 0.3 is 0 Å². The normalized spacial score (nSPS) is 12.9. The van der Waals surface area contributed by atoms with Crippen molar-refractivity contribution in [3.05, 3.63) is 78.1 Å². The van der Waals surface area contributed by atoms with Crippen molar-refractivity contribution in [1.29, 1.82) is 0 Å². The number of halogens is 1. The SMILES string of the molecule is CC(C)(C)NC(=O)c1ccccc1NC(=O)CN(c1ccc(F)cc1)S(=O)(=O)c1ccc2c(c1)OCCO2. The first-order chi connectivity index (χ1) is 17.9. The summed E-state index contributed by atoms with van der Waals surface area (Å²) in [7, 11) is -4.30. The van der Waals surface area contributed by atoms with Gasteiger partial charge in [0, 0.05) is 11.6 Å². The van der Waals surface area contributed by atoms with Crippen molar-refractivity contribution in [2.45, 2.75) is 31.2 Å². The maximum absolute atomic E-state index is 13.7. The van der Waals surface area contributed by atoms with Crippen molar-refractivity contribution >= 4 is 33.2 Å². The second-order valence-corrected chi connectivity index (χ2v) is 11.5. The smallest absolute Gasteiger partial charge is 0.264 e. The fourth-order valence-electron chi connectivity index (χ4n) is 3.75. The number of hydrogen-bond donors (Lipinski definition) is 2. The van der Waals surface area contributed by atoms with Crippen molar-refractivity contribution in [2.24, 2.45) is 0 Å². The van der Waals surface area contributed by atoms with Gasteiger partial charge in [0.05, 0.1) is 21.8 Å². The molecule has 0 aliphatic carbocycles. The van der Waals surface area contributed by atoms with Gasteiger partial charge in [0.15, 0.2) is 11.5 Å². The highest BCUT2D eigenvalue weighted by Crippen LogP contribution is 2.34. The molecule has 0 saturated carbocycles. The lowest BCUT2D eigenvalue weighted by Gasteiger charge is -2.25. The number of nitrogens with one attached hydrogen (secondary N) is 2. The predicted octanol–water partition coefficient (Wildman–Crippen LogP) is 3.96. The first-order valence-electron chi connectivity index (χ1n) is 11.8. The van der Waals surface area contributed by atoms with E-state index < -0.39 is 39.7 Å². The molecular weight excluding hydrogens is 513 g/mol. The number of para-hydroxylation sites is 1. The Hall–Kier alpha value is -4.12. The molecule has 0 bridgehead atoms. The molecule has 200 valence electrons. The fraction of sp³-hybridized carbons (Fsp3) is 0.259. The van der Waals surface area contributed by atoms with E-state index in [1.54, 1.807) is 24.3 Å². The summed E-state index contributed by atoms with van der Waals surface area (Å²) in [4.78, 5) is 25.8. The number of fused-ring (bicyclic) bond motifs is 1. The second-order valence-electron chi connectivity index (χ2n) is 9.59. The van der Waals surface area contributed by atoms with Gasteiger partial charge in [0.2, 0.25) is 5.91 Å². The number of carbonyl (C=O) groups excluding carboxylic acids is 2. The maximum atomic E-state index is 13.7. The highest BCUT2D eigenvalue weighted by atomic mass is 32.2. The van der Waals surface area contributed by atoms with E-state index in [9.17, 15) is 22.4 Å². The number of amides is 2. The number of carbonyl (C=O) groups is 2. The van der Waals surface area contributed by atoms with Crippen molar-refractivity contribution in [3.63, 3.8) is 0 Å². The highest BCUT2D eigenvalue weighted by Gasteiger charge is 2.29. The lowest BCUT2D eigenvalue weighted by molar-refractivity contribution is -0.114. The molecule has 1 heterocycles. The minimum atomic E-state index is -4.30. The molecule has 9 nitrogen and oxygen atoms in total. The third-order valence-electron chi connectivity index (χ3n) is 5.44. The van der Waals surface area contributed by atoms with Gasteiger partial charge in [-0.25, -0.2) is 12.8 Å². The van der Waals surface area contributed by atoms with E-state index in [1.807, 2.05) is 20.8 Å². The van der Waals surface area contributed by atoms with Crippen LogP contribution in [0.4, 0.5) is 15.8 Å². The molecule has 3 aromatic rings. The van der Waals surface area contributed by atoms with Crippen molar-refractivity contribution in [1.82, 2.24) is 5.32 Å². The van der Waals surface area contributed by atoms with Crippen LogP contribution in [0.5, 0.6) is 11.5 Å². The lowest BCUT2D eigenvalue weighted by atomic mass is 10.1. The molecule has 0 fully saturated rings. The van der Waals surface area contributed by atoms with Crippen LogP contribution in [-0.2, 0) is 14.8 Å². The number of ether oxygens (including phenoxy) is 2. The number of nitrogens with zero attached hydrogens (tertiary/aromatic N) is 1. The Bertz CT molecular complexity index is 1450. The molecule has 11 heteroatoms. The third-order valence-corrected chi connectivity index (χ3v) is 7.21. The van der Waals surface area contributed by atoms with Crippen LogP contribution >= 0.6 is 0 Å². The van der Waals surface area contributed by atoms with Crippen LogP contribution < -0.4 is 24.4 Å². The molecule has 0 unspecified atom stereocenters. The molecule has 1 aliphatic rings. The van der Waals surface area contributed by atoms with Crippen molar-refractivity contribution < 1.29 is 31.9 Å². The minimum Gasteiger partial charge on any atom is -0.486 e. The summed E-state index contributed by atoms with van der Waals surface area (Å²) in [6.45, 7) is 5.46. The van der Waals surface area contributed by atoms with Gasteiger partial charge in [-0.3, -0.25) is 13.9 Å². The zero-order valence-corrected chi connectivity index (χ0v) is 22.0. The van der Waals surface area contributed by atoms with E-state index in [4.69, 9.17) is 9.47 Å². The Morgan fingerprint density at radius 3 is 2.29 bits per heavy atom. The quantitative estimate of drug-likeness (QED) is 0.468. The molecule has 2 N–H and O–H groups in total. The minimum absolute atomic E-state index is 0.0789. The average Bonchev–Trinajstić information content (AvgIpc) is 2.87. The highest BCUT2D eigenvalue weighted by molar-refractivity contribution is 7.92. The van der Waals surface area contributed by atoms with Gasteiger partial charge in [0.25, 0.3) is 15.9 Å². The van der Waals surface area contributed by atoms with E-state index in [0.717, 1.165) is 16.4 Å². The van der Waals surface area contributed by atoms with Gasteiger partial charge in [-0.2, -0.15) is 0 Å². The number of sulfonamides is 1. The average molecular weight is 542 g/mol. The van der Waals surface area contributed by atoms with Crippen molar-refractivity contribution in [3.8, 4) is 11.5 Å². The molecule has 0 spiro atoms. The van der Waals surface area contributed by atoms with E-state index in [2.05, 4.69) is 10.6 Å². The van der Waals surface area contributed by atoms with Gasteiger partial charge in [-0.15, -0.1) is 0 Å². The van der Waals surface area contributed by atoms with Gasteiger partial charge in [-0.05, 0) is 69.3 Å². The number of benzene rings is 3. The van der Waals surface area contributed by atoms with Crippen LogP contribution in [0.15, 0.2) is 71.6 Å². The molecule has 0 aromatic heterocycles. The Morgan fingerprint density at radius 2 is 1.61 bits per heavy atom. The predicted molar refractivity (Wildman–Crippen MR) is 141 cm³/mol. The van der Waals surface area contributed by atoms with E-state index in [0.29, 0.717) is 12.4 Å². The fourth-order valence-corrected chi connectivity index (χ4v) is 5.19. The van der Waals surface area contributed by atoms with Crippen LogP contribution in [0.25, 0.3) is 0 Å². The Labute approximate surface area is 220 Å². The first-order valence-corrected chi connectivity index (χ1v) is 13.3. The Kier molecular flexibility index (Phi) is 7.58. The van der Waals surface area contributed by atoms with Gasteiger partial charge in [-0.1, -0.05) is 12.1 Å². The van der Waals surface area contributed by atoms with Crippen LogP contribution in [0, 0.1) is 5.82 Å². The molecule has 3 aromatic carbocycles. The molecule has 0 atom stereocenters. The van der Waals surface area contributed by atoms with Crippen LogP contribution in [0.2, 0.25) is 0 Å². The Morgan fingerprint density at radius 1 is 0.947 bits per heavy atom. The molecule has 0 saturated heterocycles. The molecular formula is C27H28FN3O6S. The van der Waals surface area contributed by atoms with Crippen LogP contribution in [0.3, 0.4) is 0 Å². The largest absolute Gasteiger partial charge is 0.486 e. The monoisotopic (exact) mass is 541 g/mol. The first kappa shape index (κ1) is 26.9. The summed E-state index contributed by atoms with van der Waals surface area (Å²) >= 11 is 0. The summed E-state index contributed by atoms with van der Waals surface area (Å²) in [6, 6.07) is 15.3. The molecule has 38 heavy (non-hydrogen) atoms. The molecule has 0 radical (unpaired) electrons. The summed E-state index contributed by atoms with van der Waals surface area (Å²) in [5.74, 6) is -0.987. The van der Waals surface area contributed by atoms with Gasteiger partial charge < -0.3 is 20.1 Å². The summed E-state index contributed by atoms with van der Waals surface area (Å²) in [5, 5.41) is 5.48. The number of anilines is 2. The number of hydrogen-bond acceptors (Lipinski definition) is 6. The third kappa shape index (κ3) is 6.23. The molecule has 2 amide bonds. The number of rotatable bonds is 7. The second kappa shape index (κ2) is 10.7.